The topological polar surface area (TPSA) is 63.2 Å². The van der Waals surface area contributed by atoms with Crippen LogP contribution < -0.4 is 5.32 Å². The maximum Gasteiger partial charge on any atom is 0.220 e. The van der Waals surface area contributed by atoms with Crippen molar-refractivity contribution in [2.24, 2.45) is 0 Å². The van der Waals surface area contributed by atoms with E-state index >= 15 is 0 Å². The number of rotatable bonds is 6. The number of carbonyl (C=O) groups excluding carboxylic acids is 1. The average Bonchev–Trinajstić information content (AvgIpc) is 2.25. The summed E-state index contributed by atoms with van der Waals surface area (Å²) < 4.78 is 21.7. The first-order valence-electron chi connectivity index (χ1n) is 5.56. The molecule has 0 bridgehead atoms. The van der Waals surface area contributed by atoms with E-state index in [-0.39, 0.29) is 18.2 Å². The Hall–Kier alpha value is -1.07. The van der Waals surface area contributed by atoms with E-state index in [1.165, 1.54) is 0 Å². The summed E-state index contributed by atoms with van der Waals surface area (Å²) >= 11 is 5.83. The molecule has 0 aromatic heterocycles. The molecule has 0 atom stereocenters. The van der Waals surface area contributed by atoms with Gasteiger partial charge in [0.15, 0.2) is 0 Å². The molecule has 0 aliphatic heterocycles. The lowest BCUT2D eigenvalue weighted by atomic mass is 10.1. The van der Waals surface area contributed by atoms with Gasteiger partial charge in [-0.05, 0) is 24.1 Å². The van der Waals surface area contributed by atoms with E-state index in [9.17, 15) is 13.2 Å². The van der Waals surface area contributed by atoms with E-state index in [1.807, 2.05) is 18.2 Å². The zero-order valence-corrected chi connectivity index (χ0v) is 11.7. The first-order valence-corrected chi connectivity index (χ1v) is 7.99. The molecule has 0 unspecified atom stereocenters. The molecule has 0 aliphatic carbocycles. The van der Waals surface area contributed by atoms with Crippen LogP contribution >= 0.6 is 11.6 Å². The molecule has 18 heavy (non-hydrogen) atoms. The molecule has 4 nitrogen and oxygen atoms in total. The maximum absolute atomic E-state index is 11.4. The molecule has 0 fully saturated rings. The van der Waals surface area contributed by atoms with Crippen molar-refractivity contribution in [3.8, 4) is 0 Å². The van der Waals surface area contributed by atoms with Gasteiger partial charge in [-0.25, -0.2) is 8.42 Å². The summed E-state index contributed by atoms with van der Waals surface area (Å²) in [6.45, 7) is 0.160. The van der Waals surface area contributed by atoms with E-state index in [0.29, 0.717) is 17.9 Å². The lowest BCUT2D eigenvalue weighted by Gasteiger charge is -2.04. The van der Waals surface area contributed by atoms with Crippen LogP contribution in [0.3, 0.4) is 0 Å². The fourth-order valence-electron chi connectivity index (χ4n) is 1.41. The second-order valence-corrected chi connectivity index (χ2v) is 6.81. The molecule has 0 spiro atoms. The minimum atomic E-state index is -3.02. The lowest BCUT2D eigenvalue weighted by molar-refractivity contribution is -0.120. The number of benzene rings is 1. The van der Waals surface area contributed by atoms with Crippen molar-refractivity contribution in [3.05, 3.63) is 34.9 Å². The molecule has 1 aromatic rings. The summed E-state index contributed by atoms with van der Waals surface area (Å²) in [4.78, 5) is 11.4. The first kappa shape index (κ1) is 15.0. The number of hydrogen-bond donors (Lipinski definition) is 1. The van der Waals surface area contributed by atoms with Gasteiger partial charge in [-0.15, -0.1) is 0 Å². The number of nitrogens with one attached hydrogen (secondary N) is 1. The molecule has 1 aromatic carbocycles. The van der Waals surface area contributed by atoms with Crippen LogP contribution in [0.1, 0.15) is 12.0 Å². The third kappa shape index (κ3) is 6.61. The van der Waals surface area contributed by atoms with Crippen LogP contribution in [0.4, 0.5) is 0 Å². The number of halogens is 1. The predicted octanol–water partition coefficient (Wildman–Crippen LogP) is 1.43. The zero-order valence-electron chi connectivity index (χ0n) is 10.1. The standard InChI is InChI=1S/C12H16ClNO3S/c1-18(16,17)8-7-14-12(15)6-5-10-3-2-4-11(13)9-10/h2-4,9H,5-8H2,1H3,(H,14,15). The highest BCUT2D eigenvalue weighted by molar-refractivity contribution is 7.90. The molecule has 0 radical (unpaired) electrons. The van der Waals surface area contributed by atoms with Crippen molar-refractivity contribution in [1.82, 2.24) is 5.32 Å². The highest BCUT2D eigenvalue weighted by Crippen LogP contribution is 2.11. The van der Waals surface area contributed by atoms with E-state index in [0.717, 1.165) is 11.8 Å². The van der Waals surface area contributed by atoms with Gasteiger partial charge in [-0.2, -0.15) is 0 Å². The Labute approximate surface area is 112 Å². The van der Waals surface area contributed by atoms with Crippen molar-refractivity contribution < 1.29 is 13.2 Å². The zero-order chi connectivity index (χ0) is 13.6. The first-order chi connectivity index (χ1) is 8.37. The molecular formula is C12H16ClNO3S. The number of sulfone groups is 1. The normalized spacial score (nSPS) is 11.2. The summed E-state index contributed by atoms with van der Waals surface area (Å²) in [5, 5.41) is 3.22. The molecule has 0 aliphatic rings. The molecule has 6 heteroatoms. The van der Waals surface area contributed by atoms with E-state index in [2.05, 4.69) is 5.32 Å². The van der Waals surface area contributed by atoms with Gasteiger partial charge in [-0.3, -0.25) is 4.79 Å². The lowest BCUT2D eigenvalue weighted by Crippen LogP contribution is -2.28. The summed E-state index contributed by atoms with van der Waals surface area (Å²) in [7, 11) is -3.02. The van der Waals surface area contributed by atoms with Crippen LogP contribution in [-0.4, -0.2) is 32.9 Å². The fraction of sp³-hybridized carbons (Fsp3) is 0.417. The van der Waals surface area contributed by atoms with Gasteiger partial charge in [0.2, 0.25) is 5.91 Å². The second kappa shape index (κ2) is 6.75. The van der Waals surface area contributed by atoms with Crippen molar-refractivity contribution in [3.63, 3.8) is 0 Å². The van der Waals surface area contributed by atoms with Gasteiger partial charge in [-0.1, -0.05) is 23.7 Å². The Morgan fingerprint density at radius 1 is 1.39 bits per heavy atom. The molecular weight excluding hydrogens is 274 g/mol. The Morgan fingerprint density at radius 3 is 2.72 bits per heavy atom. The Kier molecular flexibility index (Phi) is 5.62. The van der Waals surface area contributed by atoms with Crippen molar-refractivity contribution in [1.29, 1.82) is 0 Å². The third-order valence-corrected chi connectivity index (χ3v) is 3.51. The molecule has 1 rings (SSSR count). The van der Waals surface area contributed by atoms with E-state index < -0.39 is 9.84 Å². The van der Waals surface area contributed by atoms with Gasteiger partial charge < -0.3 is 5.32 Å². The van der Waals surface area contributed by atoms with E-state index in [4.69, 9.17) is 11.6 Å². The minimum Gasteiger partial charge on any atom is -0.355 e. The smallest absolute Gasteiger partial charge is 0.220 e. The third-order valence-electron chi connectivity index (χ3n) is 2.32. The van der Waals surface area contributed by atoms with Crippen LogP contribution in [0.25, 0.3) is 0 Å². The van der Waals surface area contributed by atoms with Gasteiger partial charge in [0.1, 0.15) is 9.84 Å². The number of hydrogen-bond acceptors (Lipinski definition) is 3. The Bertz CT molecular complexity index is 514. The van der Waals surface area contributed by atoms with Crippen LogP contribution in [-0.2, 0) is 21.1 Å². The fourth-order valence-corrected chi connectivity index (χ4v) is 2.10. The average molecular weight is 290 g/mol. The van der Waals surface area contributed by atoms with Crippen LogP contribution in [0, 0.1) is 0 Å². The largest absolute Gasteiger partial charge is 0.355 e. The van der Waals surface area contributed by atoms with Gasteiger partial charge in [0.05, 0.1) is 5.75 Å². The predicted molar refractivity (Wildman–Crippen MR) is 72.5 cm³/mol. The van der Waals surface area contributed by atoms with Crippen LogP contribution in [0.2, 0.25) is 5.02 Å². The molecule has 0 saturated carbocycles. The monoisotopic (exact) mass is 289 g/mol. The summed E-state index contributed by atoms with van der Waals surface area (Å²) in [6.07, 6.45) is 2.06. The number of aryl methyl sites for hydroxylation is 1. The minimum absolute atomic E-state index is 0.0318. The van der Waals surface area contributed by atoms with Crippen LogP contribution in [0.5, 0.6) is 0 Å². The Morgan fingerprint density at radius 2 is 2.11 bits per heavy atom. The second-order valence-electron chi connectivity index (χ2n) is 4.11. The van der Waals surface area contributed by atoms with Gasteiger partial charge in [0, 0.05) is 24.2 Å². The highest BCUT2D eigenvalue weighted by atomic mass is 35.5. The number of carbonyl (C=O) groups is 1. The number of amides is 1. The SMILES string of the molecule is CS(=O)(=O)CCNC(=O)CCc1cccc(Cl)c1. The quantitative estimate of drug-likeness (QED) is 0.862. The van der Waals surface area contributed by atoms with E-state index in [1.54, 1.807) is 6.07 Å². The van der Waals surface area contributed by atoms with Crippen LogP contribution in [0.15, 0.2) is 24.3 Å². The molecule has 1 N–H and O–H groups in total. The highest BCUT2D eigenvalue weighted by Gasteiger charge is 2.05. The summed E-state index contributed by atoms with van der Waals surface area (Å²) in [5.74, 6) is -0.186. The van der Waals surface area contributed by atoms with Crippen molar-refractivity contribution >= 4 is 27.3 Å². The van der Waals surface area contributed by atoms with Crippen molar-refractivity contribution in [2.45, 2.75) is 12.8 Å². The molecule has 0 heterocycles. The molecule has 100 valence electrons. The maximum atomic E-state index is 11.4. The Balaban J connectivity index is 2.29. The molecule has 1 amide bonds. The van der Waals surface area contributed by atoms with Gasteiger partial charge in [0.25, 0.3) is 0 Å². The summed E-state index contributed by atoms with van der Waals surface area (Å²) in [5.41, 5.74) is 0.987. The van der Waals surface area contributed by atoms with Gasteiger partial charge >= 0.3 is 0 Å². The summed E-state index contributed by atoms with van der Waals surface area (Å²) in [6, 6.07) is 7.32. The molecule has 0 saturated heterocycles. The van der Waals surface area contributed by atoms with Crippen molar-refractivity contribution in [2.75, 3.05) is 18.6 Å².